The largest absolute Gasteiger partial charge is 0.322 e. The number of amides is 3. The first-order chi connectivity index (χ1) is 15.9. The molecule has 4 heterocycles. The number of pyridine rings is 1. The fourth-order valence-electron chi connectivity index (χ4n) is 5.07. The second-order valence-corrected chi connectivity index (χ2v) is 9.72. The minimum atomic E-state index is -0.586. The van der Waals surface area contributed by atoms with Crippen molar-refractivity contribution in [3.8, 4) is 0 Å². The van der Waals surface area contributed by atoms with Crippen molar-refractivity contribution in [2.75, 3.05) is 13.1 Å². The van der Waals surface area contributed by atoms with Crippen molar-refractivity contribution in [1.29, 1.82) is 0 Å². The number of hydrogen-bond acceptors (Lipinski definition) is 5. The SMILES string of the molecule is O=C1CCC(N2Cc3cc(CN4CCC(c5nccc(Cl)c5Cl)CC4)ccc3C2=O)C(=O)N1. The zero-order chi connectivity index (χ0) is 23.1. The number of rotatable bonds is 4. The summed E-state index contributed by atoms with van der Waals surface area (Å²) >= 11 is 12.5. The van der Waals surface area contributed by atoms with Crippen LogP contribution in [-0.2, 0) is 22.7 Å². The Morgan fingerprint density at radius 1 is 1.06 bits per heavy atom. The molecule has 3 aliphatic rings. The van der Waals surface area contributed by atoms with Gasteiger partial charge in [-0.15, -0.1) is 0 Å². The molecule has 2 aromatic rings. The van der Waals surface area contributed by atoms with Gasteiger partial charge < -0.3 is 4.90 Å². The van der Waals surface area contributed by atoms with Gasteiger partial charge in [-0.05, 0) is 55.6 Å². The zero-order valence-corrected chi connectivity index (χ0v) is 19.5. The van der Waals surface area contributed by atoms with E-state index in [1.807, 2.05) is 12.1 Å². The van der Waals surface area contributed by atoms with E-state index in [9.17, 15) is 14.4 Å². The third kappa shape index (κ3) is 4.37. The van der Waals surface area contributed by atoms with Crippen molar-refractivity contribution >= 4 is 40.9 Å². The molecule has 0 spiro atoms. The molecule has 172 valence electrons. The van der Waals surface area contributed by atoms with E-state index in [4.69, 9.17) is 23.2 Å². The van der Waals surface area contributed by atoms with E-state index in [0.29, 0.717) is 34.5 Å². The standard InChI is InChI=1S/C24H24Cl2N4O3/c25-18-5-8-27-22(21(18)26)15-6-9-29(10-7-15)12-14-1-2-17-16(11-14)13-30(24(17)33)19-3-4-20(31)28-23(19)32/h1-2,5,8,11,15,19H,3-4,6-7,9-10,12-13H2,(H,28,31,32). The average molecular weight is 487 g/mol. The summed E-state index contributed by atoms with van der Waals surface area (Å²) in [6, 6.07) is 7.05. The average Bonchev–Trinajstić information content (AvgIpc) is 3.12. The van der Waals surface area contributed by atoms with Gasteiger partial charge >= 0.3 is 0 Å². The normalized spacial score (nSPS) is 21.9. The maximum absolute atomic E-state index is 12.9. The first-order valence-corrected chi connectivity index (χ1v) is 11.9. The third-order valence-electron chi connectivity index (χ3n) is 6.84. The maximum Gasteiger partial charge on any atom is 0.255 e. The Kier molecular flexibility index (Phi) is 6.12. The van der Waals surface area contributed by atoms with Crippen LogP contribution in [0.3, 0.4) is 0 Å². The lowest BCUT2D eigenvalue weighted by Crippen LogP contribution is -2.52. The molecule has 9 heteroatoms. The van der Waals surface area contributed by atoms with Gasteiger partial charge in [-0.1, -0.05) is 35.3 Å². The molecule has 0 aliphatic carbocycles. The van der Waals surface area contributed by atoms with Gasteiger partial charge in [0.05, 0.1) is 15.7 Å². The van der Waals surface area contributed by atoms with E-state index in [2.05, 4.69) is 21.3 Å². The Morgan fingerprint density at radius 2 is 1.85 bits per heavy atom. The summed E-state index contributed by atoms with van der Waals surface area (Å²) in [4.78, 5) is 45.0. The van der Waals surface area contributed by atoms with E-state index in [0.717, 1.165) is 49.3 Å². The van der Waals surface area contributed by atoms with Crippen molar-refractivity contribution in [1.82, 2.24) is 20.1 Å². The number of carbonyl (C=O) groups excluding carboxylic acids is 3. The molecule has 3 aliphatic heterocycles. The number of benzene rings is 1. The summed E-state index contributed by atoms with van der Waals surface area (Å²) in [7, 11) is 0. The summed E-state index contributed by atoms with van der Waals surface area (Å²) in [6.07, 6.45) is 4.25. The molecule has 3 amide bonds. The quantitative estimate of drug-likeness (QED) is 0.668. The third-order valence-corrected chi connectivity index (χ3v) is 7.65. The van der Waals surface area contributed by atoms with Gasteiger partial charge in [-0.25, -0.2) is 0 Å². The minimum absolute atomic E-state index is 0.141. The van der Waals surface area contributed by atoms with Crippen LogP contribution in [0.4, 0.5) is 0 Å². The number of hydrogen-bond donors (Lipinski definition) is 1. The highest BCUT2D eigenvalue weighted by Crippen LogP contribution is 2.35. The van der Waals surface area contributed by atoms with Gasteiger partial charge in [0.2, 0.25) is 11.8 Å². The summed E-state index contributed by atoms with van der Waals surface area (Å²) in [5.74, 6) is -0.505. The van der Waals surface area contributed by atoms with E-state index >= 15 is 0 Å². The molecule has 1 unspecified atom stereocenters. The molecule has 7 nitrogen and oxygen atoms in total. The topological polar surface area (TPSA) is 82.6 Å². The summed E-state index contributed by atoms with van der Waals surface area (Å²) < 4.78 is 0. The lowest BCUT2D eigenvalue weighted by atomic mass is 9.92. The molecule has 5 rings (SSSR count). The molecule has 33 heavy (non-hydrogen) atoms. The Morgan fingerprint density at radius 3 is 2.61 bits per heavy atom. The van der Waals surface area contributed by atoms with Crippen molar-refractivity contribution in [2.24, 2.45) is 0 Å². The van der Waals surface area contributed by atoms with Crippen LogP contribution in [0, 0.1) is 0 Å². The highest BCUT2D eigenvalue weighted by Gasteiger charge is 2.39. The van der Waals surface area contributed by atoms with Gasteiger partial charge in [0.15, 0.2) is 0 Å². The van der Waals surface area contributed by atoms with Crippen LogP contribution in [0.2, 0.25) is 10.0 Å². The van der Waals surface area contributed by atoms with Gasteiger partial charge in [0.1, 0.15) is 6.04 Å². The Labute approximate surface area is 202 Å². The van der Waals surface area contributed by atoms with Crippen molar-refractivity contribution < 1.29 is 14.4 Å². The lowest BCUT2D eigenvalue weighted by molar-refractivity contribution is -0.136. The second-order valence-electron chi connectivity index (χ2n) is 8.93. The summed E-state index contributed by atoms with van der Waals surface area (Å²) in [5.41, 5.74) is 3.60. The number of nitrogens with zero attached hydrogens (tertiary/aromatic N) is 3. The molecule has 2 fully saturated rings. The van der Waals surface area contributed by atoms with Crippen molar-refractivity contribution in [2.45, 2.75) is 50.7 Å². The Balaban J connectivity index is 1.22. The van der Waals surface area contributed by atoms with E-state index in [1.165, 1.54) is 0 Å². The number of fused-ring (bicyclic) bond motifs is 1. The molecule has 0 saturated carbocycles. The van der Waals surface area contributed by atoms with E-state index in [-0.39, 0.29) is 24.1 Å². The van der Waals surface area contributed by atoms with Crippen LogP contribution < -0.4 is 5.32 Å². The van der Waals surface area contributed by atoms with Gasteiger partial charge in [0.25, 0.3) is 5.91 Å². The highest BCUT2D eigenvalue weighted by molar-refractivity contribution is 6.42. The minimum Gasteiger partial charge on any atom is -0.322 e. The number of piperidine rings is 2. The molecule has 0 radical (unpaired) electrons. The molecular weight excluding hydrogens is 463 g/mol. The highest BCUT2D eigenvalue weighted by atomic mass is 35.5. The van der Waals surface area contributed by atoms with Gasteiger partial charge in [0, 0.05) is 37.2 Å². The van der Waals surface area contributed by atoms with Crippen LogP contribution in [0.25, 0.3) is 0 Å². The van der Waals surface area contributed by atoms with Crippen LogP contribution in [0.1, 0.15) is 58.8 Å². The van der Waals surface area contributed by atoms with Crippen LogP contribution in [0.15, 0.2) is 30.5 Å². The van der Waals surface area contributed by atoms with Crippen molar-refractivity contribution in [3.05, 3.63) is 62.9 Å². The second kappa shape index (κ2) is 9.05. The lowest BCUT2D eigenvalue weighted by Gasteiger charge is -2.32. The number of aromatic nitrogens is 1. The smallest absolute Gasteiger partial charge is 0.255 e. The molecule has 2 saturated heterocycles. The van der Waals surface area contributed by atoms with Crippen LogP contribution >= 0.6 is 23.2 Å². The van der Waals surface area contributed by atoms with Crippen LogP contribution in [-0.4, -0.2) is 51.6 Å². The number of likely N-dealkylation sites (tertiary alicyclic amines) is 1. The fourth-order valence-corrected chi connectivity index (χ4v) is 5.49. The summed E-state index contributed by atoms with van der Waals surface area (Å²) in [5, 5.41) is 3.44. The van der Waals surface area contributed by atoms with Gasteiger partial charge in [-0.2, -0.15) is 0 Å². The molecule has 1 atom stereocenters. The monoisotopic (exact) mass is 486 g/mol. The Bertz CT molecular complexity index is 1130. The maximum atomic E-state index is 12.9. The van der Waals surface area contributed by atoms with Crippen molar-refractivity contribution in [3.63, 3.8) is 0 Å². The van der Waals surface area contributed by atoms with E-state index in [1.54, 1.807) is 17.2 Å². The zero-order valence-electron chi connectivity index (χ0n) is 18.0. The summed E-state index contributed by atoms with van der Waals surface area (Å²) in [6.45, 7) is 3.04. The number of carbonyl (C=O) groups is 3. The predicted molar refractivity (Wildman–Crippen MR) is 124 cm³/mol. The first-order valence-electron chi connectivity index (χ1n) is 11.2. The number of imide groups is 1. The number of halogens is 2. The predicted octanol–water partition coefficient (Wildman–Crippen LogP) is 3.53. The molecule has 1 aromatic carbocycles. The molecule has 0 bridgehead atoms. The molecule has 1 aromatic heterocycles. The van der Waals surface area contributed by atoms with E-state index < -0.39 is 6.04 Å². The molecule has 1 N–H and O–H groups in total. The first kappa shape index (κ1) is 22.3. The fraction of sp³-hybridized carbons (Fsp3) is 0.417. The van der Waals surface area contributed by atoms with Gasteiger partial charge in [-0.3, -0.25) is 29.6 Å². The number of nitrogens with one attached hydrogen (secondary N) is 1. The molecular formula is C24H24Cl2N4O3. The van der Waals surface area contributed by atoms with Crippen LogP contribution in [0.5, 0.6) is 0 Å². The Hall–Kier alpha value is -2.48.